The van der Waals surface area contributed by atoms with E-state index in [1.54, 1.807) is 11.3 Å². The number of hydrogen-bond donors (Lipinski definition) is 1. The molecule has 0 amide bonds. The normalized spacial score (nSPS) is 18.6. The number of halogens is 1. The monoisotopic (exact) mass is 307 g/mol. The molecule has 0 aromatic carbocycles. The summed E-state index contributed by atoms with van der Waals surface area (Å²) >= 11 is 7.78. The molecule has 1 saturated heterocycles. The maximum Gasteiger partial charge on any atom is 0.0931 e. The Bertz CT molecular complexity index is 535. The summed E-state index contributed by atoms with van der Waals surface area (Å²) in [5, 5.41) is 3.46. The van der Waals surface area contributed by atoms with E-state index < -0.39 is 0 Å². The minimum Gasteiger partial charge on any atom is -0.315 e. The highest BCUT2D eigenvalue weighted by Crippen LogP contribution is 2.34. The molecule has 106 valence electrons. The fourth-order valence-electron chi connectivity index (χ4n) is 2.65. The van der Waals surface area contributed by atoms with Crippen LogP contribution >= 0.6 is 22.9 Å². The first-order valence-corrected chi connectivity index (χ1v) is 8.15. The van der Waals surface area contributed by atoms with Crippen molar-refractivity contribution in [2.75, 3.05) is 26.2 Å². The molecule has 2 aromatic heterocycles. The van der Waals surface area contributed by atoms with Gasteiger partial charge in [0.2, 0.25) is 0 Å². The van der Waals surface area contributed by atoms with E-state index in [1.807, 2.05) is 18.3 Å². The van der Waals surface area contributed by atoms with Crippen LogP contribution in [0.25, 0.3) is 0 Å². The van der Waals surface area contributed by atoms with Gasteiger partial charge in [-0.1, -0.05) is 17.7 Å². The summed E-state index contributed by atoms with van der Waals surface area (Å²) < 4.78 is 0.842. The number of thiophene rings is 1. The maximum atomic E-state index is 6.13. The van der Waals surface area contributed by atoms with E-state index in [-0.39, 0.29) is 6.04 Å². The van der Waals surface area contributed by atoms with Gasteiger partial charge in [-0.25, -0.2) is 0 Å². The summed E-state index contributed by atoms with van der Waals surface area (Å²) in [6.07, 6.45) is 3.04. The Morgan fingerprint density at radius 1 is 1.20 bits per heavy atom. The average Bonchev–Trinajstić information content (AvgIpc) is 2.74. The highest BCUT2D eigenvalue weighted by Gasteiger charge is 2.25. The Balaban J connectivity index is 1.94. The number of nitrogens with one attached hydrogen (secondary N) is 1. The highest BCUT2D eigenvalue weighted by molar-refractivity contribution is 7.16. The van der Waals surface area contributed by atoms with Gasteiger partial charge in [0, 0.05) is 30.7 Å². The molecule has 1 aliphatic heterocycles. The van der Waals surface area contributed by atoms with Crippen LogP contribution in [0.2, 0.25) is 4.34 Å². The van der Waals surface area contributed by atoms with Crippen LogP contribution in [0.5, 0.6) is 0 Å². The molecule has 20 heavy (non-hydrogen) atoms. The summed E-state index contributed by atoms with van der Waals surface area (Å²) in [4.78, 5) is 8.35. The van der Waals surface area contributed by atoms with E-state index in [9.17, 15) is 0 Å². The quantitative estimate of drug-likeness (QED) is 0.944. The Kier molecular flexibility index (Phi) is 4.68. The van der Waals surface area contributed by atoms with Gasteiger partial charge in [0.15, 0.2) is 0 Å². The van der Waals surface area contributed by atoms with Gasteiger partial charge in [0.05, 0.1) is 16.1 Å². The lowest BCUT2D eigenvalue weighted by Crippen LogP contribution is -2.33. The van der Waals surface area contributed by atoms with Crippen molar-refractivity contribution in [3.63, 3.8) is 0 Å². The number of pyridine rings is 1. The molecule has 3 nitrogen and oxygen atoms in total. The second-order valence-electron chi connectivity index (χ2n) is 4.94. The smallest absolute Gasteiger partial charge is 0.0931 e. The van der Waals surface area contributed by atoms with Crippen LogP contribution in [-0.4, -0.2) is 36.1 Å². The molecule has 0 aliphatic carbocycles. The molecule has 2 aromatic rings. The second-order valence-corrected chi connectivity index (χ2v) is 6.69. The van der Waals surface area contributed by atoms with E-state index in [1.165, 1.54) is 11.3 Å². The summed E-state index contributed by atoms with van der Waals surface area (Å²) in [7, 11) is 0. The largest absolute Gasteiger partial charge is 0.315 e. The van der Waals surface area contributed by atoms with Crippen molar-refractivity contribution in [1.82, 2.24) is 15.2 Å². The van der Waals surface area contributed by atoms with E-state index in [0.29, 0.717) is 0 Å². The Labute approximate surface area is 128 Å². The van der Waals surface area contributed by atoms with Gasteiger partial charge in [-0.3, -0.25) is 9.88 Å². The fourth-order valence-corrected chi connectivity index (χ4v) is 3.86. The number of hydrogen-bond acceptors (Lipinski definition) is 4. The van der Waals surface area contributed by atoms with Crippen LogP contribution in [0.1, 0.15) is 23.0 Å². The summed E-state index contributed by atoms with van der Waals surface area (Å²) in [6.45, 7) is 4.25. The molecular weight excluding hydrogens is 290 g/mol. The predicted octanol–water partition coefficient (Wildman–Crippen LogP) is 3.18. The van der Waals surface area contributed by atoms with Crippen molar-refractivity contribution < 1.29 is 0 Å². The molecule has 3 heterocycles. The zero-order valence-corrected chi connectivity index (χ0v) is 12.8. The van der Waals surface area contributed by atoms with Crippen molar-refractivity contribution in [3.8, 4) is 0 Å². The van der Waals surface area contributed by atoms with Crippen LogP contribution in [0, 0.1) is 0 Å². The number of nitrogens with zero attached hydrogens (tertiary/aromatic N) is 2. The second kappa shape index (κ2) is 6.68. The lowest BCUT2D eigenvalue weighted by Gasteiger charge is -2.29. The summed E-state index contributed by atoms with van der Waals surface area (Å²) in [5.41, 5.74) is 1.10. The van der Waals surface area contributed by atoms with Gasteiger partial charge < -0.3 is 5.32 Å². The molecule has 1 aliphatic rings. The predicted molar refractivity (Wildman–Crippen MR) is 84.5 cm³/mol. The first-order valence-electron chi connectivity index (χ1n) is 6.95. The van der Waals surface area contributed by atoms with Gasteiger partial charge in [-0.2, -0.15) is 0 Å². The van der Waals surface area contributed by atoms with Crippen LogP contribution in [0.3, 0.4) is 0 Å². The van der Waals surface area contributed by atoms with Crippen molar-refractivity contribution in [2.45, 2.75) is 12.5 Å². The van der Waals surface area contributed by atoms with Gasteiger partial charge in [-0.05, 0) is 37.2 Å². The van der Waals surface area contributed by atoms with Gasteiger partial charge in [0.25, 0.3) is 0 Å². The van der Waals surface area contributed by atoms with E-state index in [2.05, 4.69) is 33.4 Å². The number of aromatic nitrogens is 1. The molecule has 5 heteroatoms. The lowest BCUT2D eigenvalue weighted by atomic mass is 10.1. The topological polar surface area (TPSA) is 28.2 Å². The minimum atomic E-state index is 0.216. The van der Waals surface area contributed by atoms with Crippen molar-refractivity contribution in [1.29, 1.82) is 0 Å². The first kappa shape index (κ1) is 14.0. The molecular formula is C15H18ClN3S. The zero-order valence-electron chi connectivity index (χ0n) is 11.3. The molecule has 1 unspecified atom stereocenters. The molecule has 1 N–H and O–H groups in total. The molecule has 3 rings (SSSR count). The Hall–Kier alpha value is -0.940. The van der Waals surface area contributed by atoms with E-state index in [0.717, 1.165) is 36.2 Å². The van der Waals surface area contributed by atoms with Gasteiger partial charge in [0.1, 0.15) is 0 Å². The minimum absolute atomic E-state index is 0.216. The van der Waals surface area contributed by atoms with Crippen LogP contribution in [0.15, 0.2) is 36.5 Å². The molecule has 0 saturated carbocycles. The standard InChI is InChI=1S/C15H18ClN3S/c16-14-6-5-13(20-14)15(12-4-1-2-8-18-12)19-10-3-7-17-9-11-19/h1-2,4-6,8,15,17H,3,7,9-11H2. The Morgan fingerprint density at radius 2 is 2.15 bits per heavy atom. The summed E-state index contributed by atoms with van der Waals surface area (Å²) in [5.74, 6) is 0. The average molecular weight is 308 g/mol. The fraction of sp³-hybridized carbons (Fsp3) is 0.400. The third kappa shape index (κ3) is 3.20. The van der Waals surface area contributed by atoms with Gasteiger partial charge >= 0.3 is 0 Å². The molecule has 0 radical (unpaired) electrons. The van der Waals surface area contributed by atoms with Crippen LogP contribution in [0.4, 0.5) is 0 Å². The molecule has 1 atom stereocenters. The SMILES string of the molecule is Clc1ccc(C(c2ccccn2)N2CCCNCC2)s1. The maximum absolute atomic E-state index is 6.13. The highest BCUT2D eigenvalue weighted by atomic mass is 35.5. The zero-order chi connectivity index (χ0) is 13.8. The lowest BCUT2D eigenvalue weighted by molar-refractivity contribution is 0.240. The van der Waals surface area contributed by atoms with E-state index >= 15 is 0 Å². The Morgan fingerprint density at radius 3 is 2.90 bits per heavy atom. The first-order chi connectivity index (χ1) is 9.84. The summed E-state index contributed by atoms with van der Waals surface area (Å²) in [6, 6.07) is 10.5. The third-order valence-corrected chi connectivity index (χ3v) is 4.85. The third-order valence-electron chi connectivity index (χ3n) is 3.57. The number of rotatable bonds is 3. The van der Waals surface area contributed by atoms with Crippen molar-refractivity contribution >= 4 is 22.9 Å². The molecule has 1 fully saturated rings. The van der Waals surface area contributed by atoms with Crippen LogP contribution in [-0.2, 0) is 0 Å². The van der Waals surface area contributed by atoms with Crippen molar-refractivity contribution in [2.24, 2.45) is 0 Å². The van der Waals surface area contributed by atoms with E-state index in [4.69, 9.17) is 11.6 Å². The van der Waals surface area contributed by atoms with Gasteiger partial charge in [-0.15, -0.1) is 11.3 Å². The van der Waals surface area contributed by atoms with Crippen LogP contribution < -0.4 is 5.32 Å². The van der Waals surface area contributed by atoms with Crippen molar-refractivity contribution in [3.05, 3.63) is 51.4 Å². The molecule has 0 bridgehead atoms. The molecule has 0 spiro atoms.